The van der Waals surface area contributed by atoms with Crippen LogP contribution in [0, 0.1) is 0 Å². The van der Waals surface area contributed by atoms with Crippen molar-refractivity contribution in [3.8, 4) is 0 Å². The van der Waals surface area contributed by atoms with Crippen LogP contribution < -0.4 is 0 Å². The summed E-state index contributed by atoms with van der Waals surface area (Å²) in [7, 11) is 0. The van der Waals surface area contributed by atoms with E-state index in [-0.39, 0.29) is 0 Å². The summed E-state index contributed by atoms with van der Waals surface area (Å²) in [6.07, 6.45) is 5.53. The second-order valence-electron chi connectivity index (χ2n) is 8.94. The van der Waals surface area contributed by atoms with Crippen molar-refractivity contribution in [2.45, 2.75) is 67.7 Å². The van der Waals surface area contributed by atoms with E-state index in [1.807, 2.05) is 0 Å². The molecule has 2 aliphatic carbocycles. The molecule has 6 heterocycles. The van der Waals surface area contributed by atoms with E-state index in [1.165, 1.54) is 25.7 Å². The van der Waals surface area contributed by atoms with Crippen molar-refractivity contribution in [3.05, 3.63) is 47.1 Å². The van der Waals surface area contributed by atoms with Gasteiger partial charge in [0, 0.05) is 42.0 Å². The Labute approximate surface area is 252 Å². The zero-order valence-electron chi connectivity index (χ0n) is 17.7. The summed E-state index contributed by atoms with van der Waals surface area (Å²) in [4.78, 5) is 0. The molecule has 6 aliphatic heterocycles. The number of hydrogen-bond acceptors (Lipinski definition) is 12. The molecule has 0 bridgehead atoms. The van der Waals surface area contributed by atoms with Crippen LogP contribution in [0.3, 0.4) is 0 Å². The van der Waals surface area contributed by atoms with Crippen molar-refractivity contribution in [2.75, 3.05) is 0 Å². The SMILES string of the molecule is C1=CSC2CC3SC4=C(SC(=C5SC6=C(S5)SC5CC7SC=CSC7CC5S6)S4)SC3CC2S1. The van der Waals surface area contributed by atoms with Crippen molar-refractivity contribution in [3.63, 3.8) is 0 Å². The fraction of sp³-hybridized carbons (Fsp3) is 0.545. The van der Waals surface area contributed by atoms with E-state index in [9.17, 15) is 0 Å². The predicted octanol–water partition coefficient (Wildman–Crippen LogP) is 10.7. The first-order valence-corrected chi connectivity index (χ1v) is 21.8. The Bertz CT molecular complexity index is 900. The van der Waals surface area contributed by atoms with Gasteiger partial charge in [0.05, 0.1) is 25.4 Å². The highest BCUT2D eigenvalue weighted by Crippen LogP contribution is 2.71. The number of fused-ring (bicyclic) bond motifs is 4. The first kappa shape index (κ1) is 24.7. The molecule has 34 heavy (non-hydrogen) atoms. The molecular formula is C22H20S12. The third-order valence-corrected chi connectivity index (χ3v) is 25.4. The van der Waals surface area contributed by atoms with E-state index in [2.05, 4.69) is 163 Å². The molecular weight excluding hydrogens is 649 g/mol. The van der Waals surface area contributed by atoms with E-state index in [1.54, 1.807) is 25.4 Å². The molecule has 0 aromatic rings. The Morgan fingerprint density at radius 2 is 0.618 bits per heavy atom. The number of thioether (sulfide) groups is 12. The highest BCUT2D eigenvalue weighted by atomic mass is 32.3. The highest BCUT2D eigenvalue weighted by molar-refractivity contribution is 8.46. The lowest BCUT2D eigenvalue weighted by Crippen LogP contribution is -2.40. The van der Waals surface area contributed by atoms with Crippen LogP contribution in [-0.4, -0.2) is 42.0 Å². The van der Waals surface area contributed by atoms with Gasteiger partial charge in [0.25, 0.3) is 0 Å². The van der Waals surface area contributed by atoms with Crippen molar-refractivity contribution >= 4 is 141 Å². The standard InChI is InChI=1S/C22H20S12/c1-2-24-10-6-14-13(5-9(10)23-1)27-17-18(28-14)32-21(31-17)22-33-19-20(34-22)30-16-8-12-11(7-15(16)29-19)25-3-4-26-12/h1-4,9-16H,5-8H2. The average molecular weight is 669 g/mol. The fourth-order valence-electron chi connectivity index (χ4n) is 5.28. The molecule has 0 amide bonds. The summed E-state index contributed by atoms with van der Waals surface area (Å²) in [6.45, 7) is 0. The molecule has 8 rings (SSSR count). The average Bonchev–Trinajstić information content (AvgIpc) is 3.46. The van der Waals surface area contributed by atoms with Crippen LogP contribution >= 0.6 is 141 Å². The summed E-state index contributed by atoms with van der Waals surface area (Å²) < 4.78 is 9.62. The summed E-state index contributed by atoms with van der Waals surface area (Å²) in [5.41, 5.74) is 0. The minimum absolute atomic E-state index is 0.806. The first-order chi connectivity index (χ1) is 16.8. The topological polar surface area (TPSA) is 0 Å². The van der Waals surface area contributed by atoms with Gasteiger partial charge in [-0.2, -0.15) is 0 Å². The van der Waals surface area contributed by atoms with Crippen LogP contribution in [0.2, 0.25) is 0 Å². The van der Waals surface area contributed by atoms with Gasteiger partial charge >= 0.3 is 0 Å². The van der Waals surface area contributed by atoms with Crippen LogP contribution in [0.25, 0.3) is 0 Å². The molecule has 0 saturated heterocycles. The normalized spacial score (nSPS) is 44.9. The van der Waals surface area contributed by atoms with Crippen molar-refractivity contribution in [1.82, 2.24) is 0 Å². The lowest BCUT2D eigenvalue weighted by Gasteiger charge is -2.42. The molecule has 0 nitrogen and oxygen atoms in total. The van der Waals surface area contributed by atoms with Crippen molar-refractivity contribution in [2.24, 2.45) is 0 Å². The maximum Gasteiger partial charge on any atom is 0.0717 e. The van der Waals surface area contributed by atoms with Crippen LogP contribution in [0.4, 0.5) is 0 Å². The van der Waals surface area contributed by atoms with E-state index in [0.29, 0.717) is 0 Å². The van der Waals surface area contributed by atoms with E-state index >= 15 is 0 Å². The Kier molecular flexibility index (Phi) is 7.53. The largest absolute Gasteiger partial charge is 0.129 e. The quantitative estimate of drug-likeness (QED) is 0.241. The molecule has 8 unspecified atom stereocenters. The lowest BCUT2D eigenvalue weighted by atomic mass is 9.98. The van der Waals surface area contributed by atoms with Gasteiger partial charge < -0.3 is 0 Å². The summed E-state index contributed by atoms with van der Waals surface area (Å²) in [5, 5.41) is 15.9. The number of rotatable bonds is 0. The van der Waals surface area contributed by atoms with Gasteiger partial charge in [-0.25, -0.2) is 0 Å². The Morgan fingerprint density at radius 1 is 0.353 bits per heavy atom. The molecule has 0 spiro atoms. The Hall–Kier alpha value is 2.90. The monoisotopic (exact) mass is 668 g/mol. The lowest BCUT2D eigenvalue weighted by molar-refractivity contribution is 0.554. The minimum Gasteiger partial charge on any atom is -0.129 e. The summed E-state index contributed by atoms with van der Waals surface area (Å²) >= 11 is 25.7. The zero-order chi connectivity index (χ0) is 22.2. The van der Waals surface area contributed by atoms with Gasteiger partial charge in [0.1, 0.15) is 0 Å². The van der Waals surface area contributed by atoms with Crippen LogP contribution in [0.5, 0.6) is 0 Å². The van der Waals surface area contributed by atoms with Crippen LogP contribution in [0.15, 0.2) is 47.1 Å². The molecule has 0 aromatic carbocycles. The van der Waals surface area contributed by atoms with E-state index < -0.39 is 0 Å². The smallest absolute Gasteiger partial charge is 0.0717 e. The number of hydrogen-bond donors (Lipinski definition) is 0. The summed E-state index contributed by atoms with van der Waals surface area (Å²) in [5.74, 6) is 0. The van der Waals surface area contributed by atoms with E-state index in [0.717, 1.165) is 42.0 Å². The molecule has 2 fully saturated rings. The minimum atomic E-state index is 0.806. The molecule has 8 aliphatic rings. The van der Waals surface area contributed by atoms with Crippen molar-refractivity contribution < 1.29 is 0 Å². The van der Waals surface area contributed by atoms with Crippen LogP contribution in [-0.2, 0) is 0 Å². The van der Waals surface area contributed by atoms with Gasteiger partial charge in [-0.1, -0.05) is 47.0 Å². The van der Waals surface area contributed by atoms with Gasteiger partial charge in [-0.05, 0) is 47.3 Å². The Balaban J connectivity index is 0.954. The maximum atomic E-state index is 2.33. The highest BCUT2D eigenvalue weighted by Gasteiger charge is 2.47. The van der Waals surface area contributed by atoms with Gasteiger partial charge in [0.2, 0.25) is 0 Å². The second kappa shape index (κ2) is 10.4. The molecule has 0 aromatic heterocycles. The molecule has 2 saturated carbocycles. The molecule has 12 heteroatoms. The predicted molar refractivity (Wildman–Crippen MR) is 179 cm³/mol. The summed E-state index contributed by atoms with van der Waals surface area (Å²) in [6, 6.07) is 0. The van der Waals surface area contributed by atoms with Gasteiger partial charge in [-0.15, -0.1) is 94.1 Å². The molecule has 0 N–H and O–H groups in total. The van der Waals surface area contributed by atoms with Crippen LogP contribution in [0.1, 0.15) is 25.7 Å². The van der Waals surface area contributed by atoms with E-state index in [4.69, 9.17) is 0 Å². The maximum absolute atomic E-state index is 2.33. The Morgan fingerprint density at radius 3 is 0.882 bits per heavy atom. The second-order valence-corrected chi connectivity index (χ2v) is 24.2. The molecule has 8 atom stereocenters. The molecule has 0 radical (unpaired) electrons. The zero-order valence-corrected chi connectivity index (χ0v) is 27.5. The fourth-order valence-corrected chi connectivity index (χ4v) is 24.9. The third-order valence-electron chi connectivity index (χ3n) is 6.92. The first-order valence-electron chi connectivity index (χ1n) is 11.3. The third kappa shape index (κ3) is 4.65. The van der Waals surface area contributed by atoms with Gasteiger partial charge in [-0.3, -0.25) is 0 Å². The van der Waals surface area contributed by atoms with Crippen molar-refractivity contribution in [1.29, 1.82) is 0 Å². The molecule has 180 valence electrons. The van der Waals surface area contributed by atoms with Gasteiger partial charge in [0.15, 0.2) is 0 Å².